The molecule has 2 rings (SSSR count). The highest BCUT2D eigenvalue weighted by Gasteiger charge is 2.16. The van der Waals surface area contributed by atoms with Crippen LogP contribution in [-0.4, -0.2) is 25.9 Å². The Balaban J connectivity index is 2.11. The number of hydrogen-bond donors (Lipinski definition) is 2. The summed E-state index contributed by atoms with van der Waals surface area (Å²) >= 11 is 0. The second-order valence-corrected chi connectivity index (χ2v) is 6.68. The van der Waals surface area contributed by atoms with Crippen LogP contribution >= 0.6 is 0 Å². The van der Waals surface area contributed by atoms with Crippen LogP contribution in [0.5, 0.6) is 11.5 Å². The average molecular weight is 285 g/mol. The van der Waals surface area contributed by atoms with E-state index < -0.39 is 10.0 Å². The maximum Gasteiger partial charge on any atom is 0.229 e. The fourth-order valence-electron chi connectivity index (χ4n) is 2.25. The average Bonchev–Trinajstić information content (AvgIpc) is 2.33. The van der Waals surface area contributed by atoms with Gasteiger partial charge in [0.25, 0.3) is 0 Å². The fraction of sp³-hybridized carbons (Fsp3) is 0.538. The molecule has 5 nitrogen and oxygen atoms in total. The largest absolute Gasteiger partial charge is 0.506 e. The lowest BCUT2D eigenvalue weighted by molar-refractivity contribution is 0.155. The molecule has 0 saturated heterocycles. The van der Waals surface area contributed by atoms with Crippen LogP contribution in [0.15, 0.2) is 18.2 Å². The molecule has 1 saturated carbocycles. The van der Waals surface area contributed by atoms with Gasteiger partial charge in [0.15, 0.2) is 0 Å². The number of ether oxygens (including phenoxy) is 1. The van der Waals surface area contributed by atoms with E-state index in [2.05, 4.69) is 4.72 Å². The van der Waals surface area contributed by atoms with Crippen LogP contribution < -0.4 is 9.46 Å². The topological polar surface area (TPSA) is 75.6 Å². The summed E-state index contributed by atoms with van der Waals surface area (Å²) < 4.78 is 30.5. The summed E-state index contributed by atoms with van der Waals surface area (Å²) in [4.78, 5) is 0. The quantitative estimate of drug-likeness (QED) is 0.833. The highest BCUT2D eigenvalue weighted by atomic mass is 32.2. The molecule has 0 radical (unpaired) electrons. The van der Waals surface area contributed by atoms with Crippen LogP contribution in [0.1, 0.15) is 32.1 Å². The molecule has 0 amide bonds. The molecule has 1 aliphatic rings. The Labute approximate surface area is 113 Å². The number of phenolic OH excluding ortho intramolecular Hbond substituents is 1. The highest BCUT2D eigenvalue weighted by Crippen LogP contribution is 2.31. The van der Waals surface area contributed by atoms with Crippen molar-refractivity contribution in [3.05, 3.63) is 18.2 Å². The summed E-state index contributed by atoms with van der Waals surface area (Å²) in [5.74, 6) is 0.470. The number of sulfonamides is 1. The van der Waals surface area contributed by atoms with Gasteiger partial charge in [0.1, 0.15) is 11.5 Å². The third kappa shape index (κ3) is 4.31. The van der Waals surface area contributed by atoms with Crippen molar-refractivity contribution in [3.8, 4) is 11.5 Å². The number of anilines is 1. The van der Waals surface area contributed by atoms with Crippen LogP contribution in [0.2, 0.25) is 0 Å². The van der Waals surface area contributed by atoms with Gasteiger partial charge in [-0.1, -0.05) is 6.42 Å². The predicted octanol–water partition coefficient (Wildman–Crippen LogP) is 2.48. The minimum absolute atomic E-state index is 0.110. The van der Waals surface area contributed by atoms with Crippen molar-refractivity contribution in [1.82, 2.24) is 0 Å². The molecule has 0 atom stereocenters. The van der Waals surface area contributed by atoms with Gasteiger partial charge in [0.05, 0.1) is 18.0 Å². The van der Waals surface area contributed by atoms with Crippen molar-refractivity contribution in [2.24, 2.45) is 0 Å². The summed E-state index contributed by atoms with van der Waals surface area (Å²) in [6.07, 6.45) is 6.85. The van der Waals surface area contributed by atoms with Gasteiger partial charge < -0.3 is 9.84 Å². The normalized spacial score (nSPS) is 17.1. The van der Waals surface area contributed by atoms with E-state index in [-0.39, 0.29) is 17.5 Å². The van der Waals surface area contributed by atoms with E-state index >= 15 is 0 Å². The van der Waals surface area contributed by atoms with Gasteiger partial charge in [-0.05, 0) is 37.8 Å². The Hall–Kier alpha value is -1.43. The molecule has 0 spiro atoms. The Morgan fingerprint density at radius 2 is 1.95 bits per heavy atom. The van der Waals surface area contributed by atoms with Crippen molar-refractivity contribution < 1.29 is 18.3 Å². The zero-order valence-corrected chi connectivity index (χ0v) is 11.7. The molecule has 1 aromatic rings. The maximum atomic E-state index is 11.2. The molecule has 0 unspecified atom stereocenters. The SMILES string of the molecule is CS(=O)(=O)Nc1cc(OC2CCCCC2)ccc1O. The van der Waals surface area contributed by atoms with Crippen molar-refractivity contribution in [1.29, 1.82) is 0 Å². The minimum Gasteiger partial charge on any atom is -0.506 e. The monoisotopic (exact) mass is 285 g/mol. The molecule has 1 fully saturated rings. The Morgan fingerprint density at radius 1 is 1.26 bits per heavy atom. The molecule has 6 heteroatoms. The molecular weight excluding hydrogens is 266 g/mol. The molecule has 1 aromatic carbocycles. The lowest BCUT2D eigenvalue weighted by Gasteiger charge is -2.23. The Morgan fingerprint density at radius 3 is 2.58 bits per heavy atom. The first-order valence-corrected chi connectivity index (χ1v) is 8.31. The molecule has 0 aliphatic heterocycles. The van der Waals surface area contributed by atoms with Crippen molar-refractivity contribution in [2.45, 2.75) is 38.2 Å². The summed E-state index contributed by atoms with van der Waals surface area (Å²) in [7, 11) is -3.42. The predicted molar refractivity (Wildman–Crippen MR) is 74.1 cm³/mol. The van der Waals surface area contributed by atoms with Crippen LogP contribution in [0, 0.1) is 0 Å². The van der Waals surface area contributed by atoms with Crippen LogP contribution in [0.3, 0.4) is 0 Å². The number of benzene rings is 1. The van der Waals surface area contributed by atoms with Crippen LogP contribution in [-0.2, 0) is 10.0 Å². The standard InChI is InChI=1S/C13H19NO4S/c1-19(16,17)14-12-9-11(7-8-13(12)15)18-10-5-3-2-4-6-10/h7-10,14-15H,2-6H2,1H3. The van der Waals surface area contributed by atoms with E-state index in [1.54, 1.807) is 6.07 Å². The van der Waals surface area contributed by atoms with Gasteiger partial charge in [-0.3, -0.25) is 4.72 Å². The number of aromatic hydroxyl groups is 1. The first-order chi connectivity index (χ1) is 8.94. The molecule has 2 N–H and O–H groups in total. The summed E-state index contributed by atoms with van der Waals surface area (Å²) in [6.45, 7) is 0. The van der Waals surface area contributed by atoms with E-state index in [4.69, 9.17) is 4.74 Å². The lowest BCUT2D eigenvalue weighted by Crippen LogP contribution is -2.19. The van der Waals surface area contributed by atoms with Gasteiger partial charge in [-0.25, -0.2) is 8.42 Å². The van der Waals surface area contributed by atoms with Crippen molar-refractivity contribution >= 4 is 15.7 Å². The second-order valence-electron chi connectivity index (χ2n) is 4.93. The van der Waals surface area contributed by atoms with Gasteiger partial charge in [0, 0.05) is 6.07 Å². The van der Waals surface area contributed by atoms with Crippen molar-refractivity contribution in [3.63, 3.8) is 0 Å². The lowest BCUT2D eigenvalue weighted by atomic mass is 9.98. The molecule has 0 aromatic heterocycles. The minimum atomic E-state index is -3.42. The van der Waals surface area contributed by atoms with Crippen molar-refractivity contribution in [2.75, 3.05) is 11.0 Å². The number of hydrogen-bond acceptors (Lipinski definition) is 4. The zero-order chi connectivity index (χ0) is 13.9. The number of nitrogens with one attached hydrogen (secondary N) is 1. The zero-order valence-electron chi connectivity index (χ0n) is 10.9. The maximum absolute atomic E-state index is 11.2. The summed E-state index contributed by atoms with van der Waals surface area (Å²) in [5, 5.41) is 9.62. The van der Waals surface area contributed by atoms with E-state index in [0.717, 1.165) is 31.9 Å². The van der Waals surface area contributed by atoms with Gasteiger partial charge in [0.2, 0.25) is 10.0 Å². The second kappa shape index (κ2) is 5.69. The molecule has 106 valence electrons. The molecule has 19 heavy (non-hydrogen) atoms. The molecule has 1 aliphatic carbocycles. The first kappa shape index (κ1) is 14.0. The molecule has 0 bridgehead atoms. The summed E-state index contributed by atoms with van der Waals surface area (Å²) in [5.41, 5.74) is 0.149. The Bertz CT molecular complexity index is 536. The smallest absolute Gasteiger partial charge is 0.229 e. The van der Waals surface area contributed by atoms with Gasteiger partial charge >= 0.3 is 0 Å². The number of rotatable bonds is 4. The fourth-order valence-corrected chi connectivity index (χ4v) is 2.81. The van der Waals surface area contributed by atoms with Gasteiger partial charge in [-0.2, -0.15) is 0 Å². The number of phenols is 1. The third-order valence-electron chi connectivity index (χ3n) is 3.12. The van der Waals surface area contributed by atoms with Gasteiger partial charge in [-0.15, -0.1) is 0 Å². The Kier molecular flexibility index (Phi) is 4.19. The third-order valence-corrected chi connectivity index (χ3v) is 3.71. The summed E-state index contributed by atoms with van der Waals surface area (Å²) in [6, 6.07) is 4.61. The van der Waals surface area contributed by atoms with Crippen LogP contribution in [0.25, 0.3) is 0 Å². The van der Waals surface area contributed by atoms with E-state index in [1.165, 1.54) is 18.6 Å². The highest BCUT2D eigenvalue weighted by molar-refractivity contribution is 7.92. The molecular formula is C13H19NO4S. The molecule has 0 heterocycles. The first-order valence-electron chi connectivity index (χ1n) is 6.41. The van der Waals surface area contributed by atoms with Crippen LogP contribution in [0.4, 0.5) is 5.69 Å². The van der Waals surface area contributed by atoms with E-state index in [0.29, 0.717) is 5.75 Å². The van der Waals surface area contributed by atoms with E-state index in [1.807, 2.05) is 0 Å². The van der Waals surface area contributed by atoms with E-state index in [9.17, 15) is 13.5 Å².